The van der Waals surface area contributed by atoms with E-state index < -0.39 is 6.10 Å². The van der Waals surface area contributed by atoms with Gasteiger partial charge in [0.2, 0.25) is 0 Å². The highest BCUT2D eigenvalue weighted by Crippen LogP contribution is 2.33. The van der Waals surface area contributed by atoms with Crippen LogP contribution < -0.4 is 10.1 Å². The number of rotatable bonds is 1. The molecule has 1 aromatic heterocycles. The van der Waals surface area contributed by atoms with Gasteiger partial charge in [-0.15, -0.1) is 0 Å². The quantitative estimate of drug-likeness (QED) is 0.691. The molecule has 1 amide bonds. The van der Waals surface area contributed by atoms with Crippen LogP contribution in [0.3, 0.4) is 0 Å². The topological polar surface area (TPSA) is 69.9 Å². The molecule has 92 valence electrons. The van der Waals surface area contributed by atoms with Crippen molar-refractivity contribution in [3.05, 3.63) is 29.2 Å². The number of carbonyl (C=O) groups excluding carboxylic acids is 1. The Kier molecular flexibility index (Phi) is 2.45. The predicted octanol–water partition coefficient (Wildman–Crippen LogP) is 2.46. The molecular weight excluding hydrogens is 250 g/mol. The second-order valence-electron chi connectivity index (χ2n) is 4.12. The fraction of sp³-hybridized carbons (Fsp3) is 0.167. The van der Waals surface area contributed by atoms with Crippen molar-refractivity contribution in [2.24, 2.45) is 0 Å². The first-order valence-corrected chi connectivity index (χ1v) is 5.94. The molecule has 3 N–H and O–H groups in total. The molecule has 3 rings (SSSR count). The van der Waals surface area contributed by atoms with Gasteiger partial charge >= 0.3 is 0 Å². The average molecular weight is 261 g/mol. The molecule has 0 radical (unpaired) electrons. The van der Waals surface area contributed by atoms with Crippen LogP contribution in [-0.2, 0) is 4.79 Å². The summed E-state index contributed by atoms with van der Waals surface area (Å²) >= 11 is 4.98. The van der Waals surface area contributed by atoms with Gasteiger partial charge in [-0.25, -0.2) is 0 Å². The van der Waals surface area contributed by atoms with E-state index in [9.17, 15) is 4.79 Å². The van der Waals surface area contributed by atoms with E-state index in [4.69, 9.17) is 17.0 Å². The molecular formula is C12H11N3O2S. The van der Waals surface area contributed by atoms with Gasteiger partial charge in [0.05, 0.1) is 11.4 Å². The van der Waals surface area contributed by atoms with E-state index >= 15 is 0 Å². The summed E-state index contributed by atoms with van der Waals surface area (Å²) in [5.41, 5.74) is 2.48. The Morgan fingerprint density at radius 2 is 2.22 bits per heavy atom. The number of aromatic amines is 2. The smallest absolute Gasteiger partial charge is 0.265 e. The first-order chi connectivity index (χ1) is 8.63. The zero-order valence-corrected chi connectivity index (χ0v) is 10.4. The average Bonchev–Trinajstić information content (AvgIpc) is 2.77. The summed E-state index contributed by atoms with van der Waals surface area (Å²) in [7, 11) is 0. The zero-order valence-electron chi connectivity index (χ0n) is 9.61. The molecule has 1 atom stereocenters. The highest BCUT2D eigenvalue weighted by Gasteiger charge is 2.23. The Morgan fingerprint density at radius 1 is 1.39 bits per heavy atom. The predicted molar refractivity (Wildman–Crippen MR) is 70.1 cm³/mol. The monoisotopic (exact) mass is 261 g/mol. The van der Waals surface area contributed by atoms with E-state index in [1.165, 1.54) is 0 Å². The first-order valence-electron chi connectivity index (χ1n) is 5.53. The highest BCUT2D eigenvalue weighted by molar-refractivity contribution is 7.71. The number of hydrogen-bond acceptors (Lipinski definition) is 3. The summed E-state index contributed by atoms with van der Waals surface area (Å²) in [5.74, 6) is 0.543. The molecule has 0 fully saturated rings. The summed E-state index contributed by atoms with van der Waals surface area (Å²) in [6.45, 7) is 1.72. The van der Waals surface area contributed by atoms with E-state index in [1.807, 2.05) is 18.2 Å². The van der Waals surface area contributed by atoms with Gasteiger partial charge in [0, 0.05) is 11.8 Å². The van der Waals surface area contributed by atoms with Crippen LogP contribution in [0.5, 0.6) is 5.75 Å². The van der Waals surface area contributed by atoms with Crippen molar-refractivity contribution in [3.8, 4) is 17.0 Å². The van der Waals surface area contributed by atoms with Crippen molar-refractivity contribution in [2.75, 3.05) is 5.32 Å². The Morgan fingerprint density at radius 3 is 2.94 bits per heavy atom. The lowest BCUT2D eigenvalue weighted by atomic mass is 10.1. The normalized spacial score (nSPS) is 17.8. The van der Waals surface area contributed by atoms with Gasteiger partial charge in [0.25, 0.3) is 5.91 Å². The van der Waals surface area contributed by atoms with Crippen molar-refractivity contribution in [3.63, 3.8) is 0 Å². The molecule has 1 aliphatic heterocycles. The van der Waals surface area contributed by atoms with Gasteiger partial charge in [-0.05, 0) is 37.3 Å². The number of nitrogens with one attached hydrogen (secondary N) is 3. The lowest BCUT2D eigenvalue weighted by molar-refractivity contribution is -0.122. The van der Waals surface area contributed by atoms with Crippen molar-refractivity contribution in [2.45, 2.75) is 13.0 Å². The number of amides is 1. The van der Waals surface area contributed by atoms with Crippen LogP contribution in [-0.4, -0.2) is 22.0 Å². The number of ether oxygens (including phenoxy) is 1. The molecule has 1 unspecified atom stereocenters. The van der Waals surface area contributed by atoms with Crippen LogP contribution in [0.15, 0.2) is 24.4 Å². The SMILES string of the molecule is CC1Oc2ccc(-c3c[nH]c(=S)[nH]3)cc2NC1=O. The fourth-order valence-electron chi connectivity index (χ4n) is 1.86. The van der Waals surface area contributed by atoms with E-state index in [1.54, 1.807) is 13.1 Å². The molecule has 1 aliphatic rings. The molecule has 2 heterocycles. The number of anilines is 1. The van der Waals surface area contributed by atoms with E-state index in [-0.39, 0.29) is 5.91 Å². The highest BCUT2D eigenvalue weighted by atomic mass is 32.1. The third-order valence-electron chi connectivity index (χ3n) is 2.82. The number of hydrogen-bond donors (Lipinski definition) is 3. The van der Waals surface area contributed by atoms with Crippen LogP contribution in [0.2, 0.25) is 0 Å². The van der Waals surface area contributed by atoms with Crippen molar-refractivity contribution in [1.82, 2.24) is 9.97 Å². The van der Waals surface area contributed by atoms with Crippen molar-refractivity contribution >= 4 is 23.8 Å². The van der Waals surface area contributed by atoms with Gasteiger partial charge in [-0.1, -0.05) is 0 Å². The van der Waals surface area contributed by atoms with Gasteiger partial charge in [0.15, 0.2) is 10.9 Å². The number of aromatic nitrogens is 2. The number of imidazole rings is 1. The third-order valence-corrected chi connectivity index (χ3v) is 3.04. The zero-order chi connectivity index (χ0) is 12.7. The Hall–Kier alpha value is -2.08. The van der Waals surface area contributed by atoms with Crippen LogP contribution in [0.25, 0.3) is 11.3 Å². The summed E-state index contributed by atoms with van der Waals surface area (Å²) in [4.78, 5) is 17.5. The minimum absolute atomic E-state index is 0.137. The molecule has 0 aliphatic carbocycles. The van der Waals surface area contributed by atoms with Crippen molar-refractivity contribution < 1.29 is 9.53 Å². The van der Waals surface area contributed by atoms with Gasteiger partial charge in [0.1, 0.15) is 5.75 Å². The largest absolute Gasteiger partial charge is 0.479 e. The maximum absolute atomic E-state index is 11.5. The Bertz CT molecular complexity index is 674. The van der Waals surface area contributed by atoms with E-state index in [0.717, 1.165) is 11.3 Å². The van der Waals surface area contributed by atoms with Crippen molar-refractivity contribution in [1.29, 1.82) is 0 Å². The van der Waals surface area contributed by atoms with Crippen LogP contribution in [0.4, 0.5) is 5.69 Å². The molecule has 0 spiro atoms. The lowest BCUT2D eigenvalue weighted by Gasteiger charge is -2.23. The molecule has 0 bridgehead atoms. The van der Waals surface area contributed by atoms with E-state index in [0.29, 0.717) is 16.2 Å². The van der Waals surface area contributed by atoms with Gasteiger partial charge in [-0.2, -0.15) is 0 Å². The number of fused-ring (bicyclic) bond motifs is 1. The summed E-state index contributed by atoms with van der Waals surface area (Å²) in [6.07, 6.45) is 1.33. The maximum Gasteiger partial charge on any atom is 0.265 e. The standard InChI is InChI=1S/C12H11N3O2S/c1-6-11(16)14-8-4-7(2-3-10(8)17-6)9-5-13-12(18)15-9/h2-6H,1H3,(H,14,16)(H2,13,15,18). The molecule has 2 aromatic rings. The molecule has 1 aromatic carbocycles. The second kappa shape index (κ2) is 3.99. The van der Waals surface area contributed by atoms with E-state index in [2.05, 4.69) is 15.3 Å². The van der Waals surface area contributed by atoms with Crippen LogP contribution >= 0.6 is 12.2 Å². The number of H-pyrrole nitrogens is 2. The van der Waals surface area contributed by atoms with Crippen LogP contribution in [0, 0.1) is 4.77 Å². The van der Waals surface area contributed by atoms with Gasteiger partial charge < -0.3 is 20.0 Å². The van der Waals surface area contributed by atoms with Gasteiger partial charge in [-0.3, -0.25) is 4.79 Å². The molecule has 0 saturated heterocycles. The lowest BCUT2D eigenvalue weighted by Crippen LogP contribution is -2.34. The second-order valence-corrected chi connectivity index (χ2v) is 4.52. The first kappa shape index (κ1) is 11.0. The summed E-state index contributed by atoms with van der Waals surface area (Å²) in [6, 6.07) is 5.61. The molecule has 6 heteroatoms. The minimum Gasteiger partial charge on any atom is -0.479 e. The fourth-order valence-corrected chi connectivity index (χ4v) is 2.03. The minimum atomic E-state index is -0.457. The Balaban J connectivity index is 2.04. The maximum atomic E-state index is 11.5. The number of carbonyl (C=O) groups is 1. The third kappa shape index (κ3) is 1.80. The summed E-state index contributed by atoms with van der Waals surface area (Å²) < 4.78 is 6.06. The number of benzene rings is 1. The van der Waals surface area contributed by atoms with Crippen LogP contribution in [0.1, 0.15) is 6.92 Å². The molecule has 18 heavy (non-hydrogen) atoms. The molecule has 0 saturated carbocycles. The summed E-state index contributed by atoms with van der Waals surface area (Å²) in [5, 5.41) is 2.81. The molecule has 5 nitrogen and oxygen atoms in total. The Labute approximate surface area is 108 Å².